The van der Waals surface area contributed by atoms with Gasteiger partial charge in [-0.25, -0.2) is 4.99 Å². The van der Waals surface area contributed by atoms with Crippen LogP contribution < -0.4 is 0 Å². The standard InChI is InChI=1S/C10H9BrN2O/c1-6-12-9-3-2-7(5-11)4-8(9)10(14)13-6/h2-4,8H,5H2,1H3. The summed E-state index contributed by atoms with van der Waals surface area (Å²) in [6, 6.07) is 0. The van der Waals surface area contributed by atoms with Gasteiger partial charge in [0, 0.05) is 5.33 Å². The lowest BCUT2D eigenvalue weighted by atomic mass is 9.93. The molecule has 0 bridgehead atoms. The molecule has 1 aliphatic carbocycles. The quantitative estimate of drug-likeness (QED) is 0.658. The molecule has 14 heavy (non-hydrogen) atoms. The van der Waals surface area contributed by atoms with E-state index in [0.29, 0.717) is 5.84 Å². The maximum absolute atomic E-state index is 11.5. The first-order valence-corrected chi connectivity index (χ1v) is 5.45. The lowest BCUT2D eigenvalue weighted by molar-refractivity contribution is -0.118. The van der Waals surface area contributed by atoms with Gasteiger partial charge < -0.3 is 0 Å². The second kappa shape index (κ2) is 3.61. The number of aliphatic imine (C=N–C) groups is 2. The van der Waals surface area contributed by atoms with Crippen molar-refractivity contribution in [1.82, 2.24) is 0 Å². The molecule has 2 aliphatic rings. The van der Waals surface area contributed by atoms with Crippen molar-refractivity contribution < 1.29 is 4.79 Å². The normalized spacial score (nSPS) is 25.1. The largest absolute Gasteiger partial charge is 0.271 e. The van der Waals surface area contributed by atoms with Gasteiger partial charge >= 0.3 is 0 Å². The third-order valence-corrected chi connectivity index (χ3v) is 2.80. The molecule has 0 spiro atoms. The van der Waals surface area contributed by atoms with Crippen molar-refractivity contribution in [3.05, 3.63) is 23.8 Å². The predicted molar refractivity (Wildman–Crippen MR) is 60.1 cm³/mol. The topological polar surface area (TPSA) is 41.8 Å². The van der Waals surface area contributed by atoms with E-state index in [1.54, 1.807) is 6.92 Å². The minimum atomic E-state index is -0.267. The number of amidine groups is 1. The number of fused-ring (bicyclic) bond motifs is 1. The van der Waals surface area contributed by atoms with Crippen LogP contribution in [0.3, 0.4) is 0 Å². The minimum absolute atomic E-state index is 0.115. The number of alkyl halides is 1. The van der Waals surface area contributed by atoms with E-state index < -0.39 is 0 Å². The number of allylic oxidation sites excluding steroid dienone is 3. The fourth-order valence-corrected chi connectivity index (χ4v) is 1.86. The van der Waals surface area contributed by atoms with E-state index in [0.717, 1.165) is 16.6 Å². The van der Waals surface area contributed by atoms with Crippen LogP contribution in [0.5, 0.6) is 0 Å². The van der Waals surface area contributed by atoms with E-state index in [4.69, 9.17) is 0 Å². The Morgan fingerprint density at radius 2 is 2.21 bits per heavy atom. The van der Waals surface area contributed by atoms with Gasteiger partial charge in [0.2, 0.25) is 0 Å². The van der Waals surface area contributed by atoms with Gasteiger partial charge in [-0.15, -0.1) is 0 Å². The molecule has 0 aromatic heterocycles. The van der Waals surface area contributed by atoms with Crippen molar-refractivity contribution in [1.29, 1.82) is 0 Å². The van der Waals surface area contributed by atoms with Crippen LogP contribution in [0, 0.1) is 5.92 Å². The van der Waals surface area contributed by atoms with Gasteiger partial charge in [0.1, 0.15) is 11.8 Å². The zero-order valence-corrected chi connectivity index (χ0v) is 9.28. The molecule has 2 rings (SSSR count). The number of halogens is 1. The zero-order chi connectivity index (χ0) is 10.1. The van der Waals surface area contributed by atoms with Crippen molar-refractivity contribution in [2.45, 2.75) is 6.92 Å². The highest BCUT2D eigenvalue weighted by Gasteiger charge is 2.26. The van der Waals surface area contributed by atoms with E-state index >= 15 is 0 Å². The summed E-state index contributed by atoms with van der Waals surface area (Å²) in [6.45, 7) is 1.73. The molecule has 1 aliphatic heterocycles. The smallest absolute Gasteiger partial charge is 0.260 e. The van der Waals surface area contributed by atoms with E-state index in [1.165, 1.54) is 0 Å². The summed E-state index contributed by atoms with van der Waals surface area (Å²) >= 11 is 3.35. The summed E-state index contributed by atoms with van der Waals surface area (Å²) in [7, 11) is 0. The van der Waals surface area contributed by atoms with Gasteiger partial charge in [-0.05, 0) is 18.6 Å². The SMILES string of the molecule is CC1=NC(=O)C2C=C(CBr)C=CC2=N1. The number of carbonyl (C=O) groups is 1. The molecular formula is C10H9BrN2O. The van der Waals surface area contributed by atoms with Crippen LogP contribution in [0.4, 0.5) is 0 Å². The molecule has 0 fully saturated rings. The van der Waals surface area contributed by atoms with Gasteiger partial charge in [0.05, 0.1) is 5.71 Å². The molecule has 72 valence electrons. The average Bonchev–Trinajstić information content (AvgIpc) is 2.17. The maximum Gasteiger partial charge on any atom is 0.260 e. The Balaban J connectivity index is 2.38. The molecule has 0 saturated carbocycles. The predicted octanol–water partition coefficient (Wildman–Crippen LogP) is 1.89. The number of hydrogen-bond donors (Lipinski definition) is 0. The summed E-state index contributed by atoms with van der Waals surface area (Å²) in [6.07, 6.45) is 5.76. The third-order valence-electron chi connectivity index (χ3n) is 2.15. The molecule has 0 radical (unpaired) electrons. The Morgan fingerprint density at radius 3 is 2.93 bits per heavy atom. The van der Waals surface area contributed by atoms with Crippen LogP contribution in [-0.4, -0.2) is 22.8 Å². The molecule has 0 N–H and O–H groups in total. The summed E-state index contributed by atoms with van der Waals surface area (Å²) < 4.78 is 0. The lowest BCUT2D eigenvalue weighted by Gasteiger charge is -2.18. The second-order valence-corrected chi connectivity index (χ2v) is 3.78. The second-order valence-electron chi connectivity index (χ2n) is 3.22. The van der Waals surface area contributed by atoms with Crippen molar-refractivity contribution >= 4 is 33.4 Å². The fraction of sp³-hybridized carbons (Fsp3) is 0.300. The molecule has 4 heteroatoms. The minimum Gasteiger partial charge on any atom is -0.271 e. The molecule has 0 aromatic carbocycles. The Morgan fingerprint density at radius 1 is 1.43 bits per heavy atom. The summed E-state index contributed by atoms with van der Waals surface area (Å²) in [5.41, 5.74) is 1.89. The zero-order valence-electron chi connectivity index (χ0n) is 7.70. The van der Waals surface area contributed by atoms with E-state index in [1.807, 2.05) is 18.2 Å². The highest BCUT2D eigenvalue weighted by molar-refractivity contribution is 9.09. The highest BCUT2D eigenvalue weighted by atomic mass is 79.9. The Kier molecular flexibility index (Phi) is 2.46. The first kappa shape index (κ1) is 9.52. The molecular weight excluding hydrogens is 244 g/mol. The third kappa shape index (κ3) is 1.62. The number of amides is 1. The van der Waals surface area contributed by atoms with E-state index in [2.05, 4.69) is 25.9 Å². The molecule has 1 unspecified atom stereocenters. The van der Waals surface area contributed by atoms with Gasteiger partial charge in [-0.3, -0.25) is 4.79 Å². The van der Waals surface area contributed by atoms with E-state index in [9.17, 15) is 4.79 Å². The van der Waals surface area contributed by atoms with Crippen LogP contribution >= 0.6 is 15.9 Å². The first-order chi connectivity index (χ1) is 6.70. The van der Waals surface area contributed by atoms with Gasteiger partial charge in [0.25, 0.3) is 5.91 Å². The molecule has 0 saturated heterocycles. The van der Waals surface area contributed by atoms with Crippen LogP contribution in [-0.2, 0) is 4.79 Å². The van der Waals surface area contributed by atoms with Gasteiger partial charge in [-0.1, -0.05) is 28.1 Å². The van der Waals surface area contributed by atoms with Crippen molar-refractivity contribution in [2.24, 2.45) is 15.9 Å². The fourth-order valence-electron chi connectivity index (χ4n) is 1.49. The number of carbonyl (C=O) groups excluding carboxylic acids is 1. The monoisotopic (exact) mass is 252 g/mol. The van der Waals surface area contributed by atoms with Crippen LogP contribution in [0.15, 0.2) is 33.8 Å². The Labute approximate surface area is 90.5 Å². The van der Waals surface area contributed by atoms with Crippen molar-refractivity contribution in [3.63, 3.8) is 0 Å². The van der Waals surface area contributed by atoms with Crippen molar-refractivity contribution in [2.75, 3.05) is 5.33 Å². The van der Waals surface area contributed by atoms with Crippen LogP contribution in [0.1, 0.15) is 6.92 Å². The summed E-state index contributed by atoms with van der Waals surface area (Å²) in [4.78, 5) is 19.6. The summed E-state index contributed by atoms with van der Waals surface area (Å²) in [5, 5.41) is 0.753. The van der Waals surface area contributed by atoms with Gasteiger partial charge in [-0.2, -0.15) is 4.99 Å². The number of hydrogen-bond acceptors (Lipinski definition) is 2. The number of rotatable bonds is 1. The molecule has 0 aromatic rings. The Hall–Kier alpha value is -1.03. The average molecular weight is 253 g/mol. The van der Waals surface area contributed by atoms with Crippen molar-refractivity contribution in [3.8, 4) is 0 Å². The first-order valence-electron chi connectivity index (χ1n) is 4.33. The molecule has 3 nitrogen and oxygen atoms in total. The highest BCUT2D eigenvalue weighted by Crippen LogP contribution is 2.20. The van der Waals surface area contributed by atoms with E-state index in [-0.39, 0.29) is 11.8 Å². The molecule has 1 amide bonds. The number of nitrogens with zero attached hydrogens (tertiary/aromatic N) is 2. The van der Waals surface area contributed by atoms with Crippen LogP contribution in [0.25, 0.3) is 0 Å². The molecule has 1 atom stereocenters. The maximum atomic E-state index is 11.5. The molecule has 1 heterocycles. The lowest BCUT2D eigenvalue weighted by Crippen LogP contribution is -2.27. The Bertz CT molecular complexity index is 404. The van der Waals surface area contributed by atoms with Gasteiger partial charge in [0.15, 0.2) is 0 Å². The summed E-state index contributed by atoms with van der Waals surface area (Å²) in [5.74, 6) is 0.160. The van der Waals surface area contributed by atoms with Crippen LogP contribution in [0.2, 0.25) is 0 Å².